The molecular formula is C15H22N2O3S2. The second-order valence-electron chi connectivity index (χ2n) is 6.38. The van der Waals surface area contributed by atoms with Gasteiger partial charge in [-0.15, -0.1) is 11.3 Å². The Morgan fingerprint density at radius 2 is 1.95 bits per heavy atom. The molecule has 2 N–H and O–H groups in total. The fraction of sp³-hybridized carbons (Fsp3) is 0.667. The molecule has 122 valence electrons. The quantitative estimate of drug-likeness (QED) is 0.896. The van der Waals surface area contributed by atoms with Crippen molar-refractivity contribution >= 4 is 27.3 Å². The van der Waals surface area contributed by atoms with E-state index in [4.69, 9.17) is 5.14 Å². The van der Waals surface area contributed by atoms with Crippen LogP contribution in [0.3, 0.4) is 0 Å². The number of piperidine rings is 1. The minimum Gasteiger partial charge on any atom is -0.335 e. The normalized spacial score (nSPS) is 25.8. The topological polar surface area (TPSA) is 80.5 Å². The summed E-state index contributed by atoms with van der Waals surface area (Å²) in [7, 11) is -3.74. The number of nitrogens with two attached hydrogens (primary N) is 1. The largest absolute Gasteiger partial charge is 0.335 e. The number of likely N-dealkylation sites (tertiary alicyclic amines) is 1. The van der Waals surface area contributed by atoms with E-state index in [9.17, 15) is 13.2 Å². The van der Waals surface area contributed by atoms with Gasteiger partial charge in [-0.2, -0.15) is 0 Å². The Morgan fingerprint density at radius 1 is 1.27 bits per heavy atom. The average Bonchev–Trinajstić information content (AvgIpc) is 2.88. The number of thiophene rings is 1. The van der Waals surface area contributed by atoms with Crippen molar-refractivity contribution in [3.05, 3.63) is 16.5 Å². The lowest BCUT2D eigenvalue weighted by Gasteiger charge is -2.44. The third kappa shape index (κ3) is 2.94. The Kier molecular flexibility index (Phi) is 4.31. The first-order valence-electron chi connectivity index (χ1n) is 7.82. The molecule has 2 fully saturated rings. The van der Waals surface area contributed by atoms with Gasteiger partial charge in [0.15, 0.2) is 0 Å². The lowest BCUT2D eigenvalue weighted by Crippen LogP contribution is -2.49. The summed E-state index contributed by atoms with van der Waals surface area (Å²) in [6.45, 7) is 2.56. The van der Waals surface area contributed by atoms with Gasteiger partial charge in [-0.05, 0) is 50.2 Å². The van der Waals surface area contributed by atoms with Crippen molar-refractivity contribution in [2.75, 3.05) is 6.54 Å². The first kappa shape index (κ1) is 16.0. The molecule has 0 spiro atoms. The summed E-state index contributed by atoms with van der Waals surface area (Å²) in [6, 6.07) is 1.84. The number of carbonyl (C=O) groups excluding carboxylic acids is 1. The number of primary sulfonamides is 1. The number of carbonyl (C=O) groups is 1. The zero-order valence-corrected chi connectivity index (χ0v) is 14.4. The molecule has 1 aromatic rings. The summed E-state index contributed by atoms with van der Waals surface area (Å²) in [5.41, 5.74) is 0.706. The summed E-state index contributed by atoms with van der Waals surface area (Å²) < 4.78 is 23.1. The van der Waals surface area contributed by atoms with Crippen molar-refractivity contribution in [2.45, 2.75) is 55.7 Å². The van der Waals surface area contributed by atoms with E-state index in [1.807, 2.05) is 4.90 Å². The lowest BCUT2D eigenvalue weighted by molar-refractivity contribution is 0.0394. The Balaban J connectivity index is 1.88. The second-order valence-corrected chi connectivity index (χ2v) is 9.22. The van der Waals surface area contributed by atoms with E-state index >= 15 is 0 Å². The molecule has 0 bridgehead atoms. The Bertz CT molecular complexity index is 679. The number of nitrogens with zero attached hydrogens (tertiary/aromatic N) is 1. The van der Waals surface area contributed by atoms with Gasteiger partial charge in [0.25, 0.3) is 5.91 Å². The van der Waals surface area contributed by atoms with Gasteiger partial charge in [0, 0.05) is 12.6 Å². The zero-order valence-electron chi connectivity index (χ0n) is 12.7. The van der Waals surface area contributed by atoms with Crippen LogP contribution in [-0.2, 0) is 10.0 Å². The molecule has 1 saturated carbocycles. The van der Waals surface area contributed by atoms with Gasteiger partial charge in [0.2, 0.25) is 10.0 Å². The molecule has 1 amide bonds. The van der Waals surface area contributed by atoms with Crippen LogP contribution >= 0.6 is 11.3 Å². The fourth-order valence-corrected chi connectivity index (χ4v) is 5.73. The Morgan fingerprint density at radius 3 is 2.64 bits per heavy atom. The van der Waals surface area contributed by atoms with Gasteiger partial charge < -0.3 is 4.90 Å². The molecule has 7 heteroatoms. The number of aryl methyl sites for hydroxylation is 1. The number of sulfonamides is 1. The first-order chi connectivity index (χ1) is 10.4. The summed E-state index contributed by atoms with van der Waals surface area (Å²) in [5.74, 6) is 0.596. The number of amides is 1. The second kappa shape index (κ2) is 5.94. The van der Waals surface area contributed by atoms with Crippen LogP contribution in [0.25, 0.3) is 0 Å². The smallest absolute Gasteiger partial charge is 0.264 e. The van der Waals surface area contributed by atoms with Crippen LogP contribution in [0.2, 0.25) is 0 Å². The molecule has 1 saturated heterocycles. The Hall–Kier alpha value is -0.920. The van der Waals surface area contributed by atoms with Crippen molar-refractivity contribution in [3.63, 3.8) is 0 Å². The molecule has 3 rings (SSSR count). The van der Waals surface area contributed by atoms with E-state index in [0.717, 1.165) is 30.7 Å². The molecule has 22 heavy (non-hydrogen) atoms. The number of hydrogen-bond acceptors (Lipinski definition) is 4. The molecule has 0 aromatic carbocycles. The SMILES string of the molecule is Cc1cc(S(N)(=O)=O)sc1C(=O)N1CCC[C@H]2CCCC[C@@H]21. The molecule has 2 atom stereocenters. The highest BCUT2D eigenvalue weighted by Crippen LogP contribution is 2.37. The highest BCUT2D eigenvalue weighted by Gasteiger charge is 2.37. The van der Waals surface area contributed by atoms with Gasteiger partial charge in [-0.25, -0.2) is 13.6 Å². The highest BCUT2D eigenvalue weighted by atomic mass is 32.2. The van der Waals surface area contributed by atoms with Gasteiger partial charge in [0.05, 0.1) is 4.88 Å². The van der Waals surface area contributed by atoms with Gasteiger partial charge >= 0.3 is 0 Å². The van der Waals surface area contributed by atoms with Crippen LogP contribution in [0.15, 0.2) is 10.3 Å². The van der Waals surface area contributed by atoms with Crippen molar-refractivity contribution < 1.29 is 13.2 Å². The van der Waals surface area contributed by atoms with Crippen LogP contribution in [0, 0.1) is 12.8 Å². The molecule has 5 nitrogen and oxygen atoms in total. The molecule has 0 unspecified atom stereocenters. The fourth-order valence-electron chi connectivity index (χ4n) is 3.81. The molecule has 1 aromatic heterocycles. The molecule has 1 aliphatic carbocycles. The Labute approximate surface area is 135 Å². The number of fused-ring (bicyclic) bond motifs is 1. The van der Waals surface area contributed by atoms with E-state index < -0.39 is 10.0 Å². The van der Waals surface area contributed by atoms with Crippen molar-refractivity contribution in [1.82, 2.24) is 4.90 Å². The predicted octanol–water partition coefficient (Wildman–Crippen LogP) is 2.50. The van der Waals surface area contributed by atoms with Gasteiger partial charge in [-0.1, -0.05) is 12.8 Å². The number of rotatable bonds is 2. The average molecular weight is 342 g/mol. The standard InChI is InChI=1S/C15H22N2O3S2/c1-10-9-13(22(16,19)20)21-14(10)15(18)17-8-4-6-11-5-2-3-7-12(11)17/h9,11-12H,2-8H2,1H3,(H2,16,19,20)/t11-,12+/m1/s1. The minimum absolute atomic E-state index is 0.0194. The molecular weight excluding hydrogens is 320 g/mol. The van der Waals surface area contributed by atoms with Crippen LogP contribution in [0.5, 0.6) is 0 Å². The van der Waals surface area contributed by atoms with E-state index in [0.29, 0.717) is 22.4 Å². The maximum absolute atomic E-state index is 12.9. The molecule has 2 aliphatic rings. The highest BCUT2D eigenvalue weighted by molar-refractivity contribution is 7.91. The summed E-state index contributed by atoms with van der Waals surface area (Å²) >= 11 is 1.00. The van der Waals surface area contributed by atoms with Crippen LogP contribution in [-0.4, -0.2) is 31.8 Å². The predicted molar refractivity (Wildman–Crippen MR) is 86.4 cm³/mol. The van der Waals surface area contributed by atoms with E-state index in [1.54, 1.807) is 6.92 Å². The molecule has 0 radical (unpaired) electrons. The van der Waals surface area contributed by atoms with Crippen molar-refractivity contribution in [1.29, 1.82) is 0 Å². The van der Waals surface area contributed by atoms with Crippen LogP contribution < -0.4 is 5.14 Å². The third-order valence-electron chi connectivity index (χ3n) is 4.87. The van der Waals surface area contributed by atoms with Crippen LogP contribution in [0.1, 0.15) is 53.8 Å². The van der Waals surface area contributed by atoms with Crippen molar-refractivity contribution in [2.24, 2.45) is 11.1 Å². The molecule has 1 aliphatic heterocycles. The number of hydrogen-bond donors (Lipinski definition) is 1. The lowest BCUT2D eigenvalue weighted by atomic mass is 9.78. The van der Waals surface area contributed by atoms with Crippen molar-refractivity contribution in [3.8, 4) is 0 Å². The summed E-state index contributed by atoms with van der Waals surface area (Å²) in [5, 5.41) is 5.18. The molecule has 2 heterocycles. The minimum atomic E-state index is -3.74. The summed E-state index contributed by atoms with van der Waals surface area (Å²) in [4.78, 5) is 15.4. The van der Waals surface area contributed by atoms with Crippen LogP contribution in [0.4, 0.5) is 0 Å². The van der Waals surface area contributed by atoms with Gasteiger partial charge in [-0.3, -0.25) is 4.79 Å². The first-order valence-corrected chi connectivity index (χ1v) is 10.2. The van der Waals surface area contributed by atoms with E-state index in [-0.39, 0.29) is 10.1 Å². The summed E-state index contributed by atoms with van der Waals surface area (Å²) in [6.07, 6.45) is 6.97. The van der Waals surface area contributed by atoms with Gasteiger partial charge in [0.1, 0.15) is 4.21 Å². The maximum atomic E-state index is 12.9. The maximum Gasteiger partial charge on any atom is 0.264 e. The monoisotopic (exact) mass is 342 g/mol. The third-order valence-corrected chi connectivity index (χ3v) is 7.52. The zero-order chi connectivity index (χ0) is 15.9. The van der Waals surface area contributed by atoms with E-state index in [2.05, 4.69) is 0 Å². The van der Waals surface area contributed by atoms with E-state index in [1.165, 1.54) is 31.7 Å².